The second-order valence-electron chi connectivity index (χ2n) is 7.12. The van der Waals surface area contributed by atoms with Gasteiger partial charge < -0.3 is 5.11 Å². The molecule has 1 N–H and O–H groups in total. The molecule has 0 spiro atoms. The van der Waals surface area contributed by atoms with Crippen LogP contribution >= 0.6 is 0 Å². The minimum Gasteiger partial charge on any atom is -0.385 e. The number of aliphatic hydroxyl groups excluding tert-OH is 1. The molecule has 1 aliphatic heterocycles. The van der Waals surface area contributed by atoms with Crippen molar-refractivity contribution < 1.29 is 35.8 Å². The first-order chi connectivity index (χ1) is 12.1. The average Bonchev–Trinajstić information content (AvgIpc) is 2.47. The van der Waals surface area contributed by atoms with Crippen LogP contribution in [-0.4, -0.2) is 52.8 Å². The predicted molar refractivity (Wildman–Crippen MR) is 88.9 cm³/mol. The number of aliphatic hydroxyl groups is 1. The van der Waals surface area contributed by atoms with Crippen molar-refractivity contribution in [2.24, 2.45) is 0 Å². The van der Waals surface area contributed by atoms with Gasteiger partial charge in [-0.2, -0.15) is 30.7 Å². The quantitative estimate of drug-likeness (QED) is 0.450. The highest BCUT2D eigenvalue weighted by Gasteiger charge is 2.75. The molecule has 1 aliphatic rings. The highest BCUT2D eigenvalue weighted by atomic mass is 19.4. The Morgan fingerprint density at radius 3 is 2.04 bits per heavy atom. The first kappa shape index (κ1) is 23.7. The molecule has 0 aromatic carbocycles. The van der Waals surface area contributed by atoms with Gasteiger partial charge >= 0.3 is 18.0 Å². The van der Waals surface area contributed by atoms with Gasteiger partial charge in [-0.3, -0.25) is 4.90 Å². The van der Waals surface area contributed by atoms with Gasteiger partial charge in [-0.15, -0.1) is 13.2 Å². The van der Waals surface area contributed by atoms with E-state index < -0.39 is 42.8 Å². The second-order valence-corrected chi connectivity index (χ2v) is 7.12. The molecule has 0 bridgehead atoms. The Morgan fingerprint density at radius 1 is 1.07 bits per heavy atom. The maximum absolute atomic E-state index is 13.8. The highest BCUT2D eigenvalue weighted by Crippen LogP contribution is 2.48. The standard InChI is InChI=1S/C18H24F7NO/c1-11(2)8-13-6-5-7-14(9-12(3)4)26(13)10-15(27)16(19,20)17(21,22)18(23,24)25/h5-6,13-15,27H,1,3,7-10H2,2,4H3. The molecule has 1 rings (SSSR count). The molecule has 9 heteroatoms. The Kier molecular flexibility index (Phi) is 7.32. The molecular formula is C18H24F7NO. The van der Waals surface area contributed by atoms with Gasteiger partial charge in [-0.1, -0.05) is 23.3 Å². The van der Waals surface area contributed by atoms with Crippen LogP contribution in [0.2, 0.25) is 0 Å². The number of halogens is 7. The Balaban J connectivity index is 3.14. The summed E-state index contributed by atoms with van der Waals surface area (Å²) in [6, 6.07) is -1.01. The fraction of sp³-hybridized carbons (Fsp3) is 0.667. The molecule has 0 aliphatic carbocycles. The van der Waals surface area contributed by atoms with Crippen LogP contribution in [0.4, 0.5) is 30.7 Å². The van der Waals surface area contributed by atoms with Crippen molar-refractivity contribution in [1.29, 1.82) is 0 Å². The predicted octanol–water partition coefficient (Wildman–Crippen LogP) is 5.11. The Labute approximate surface area is 154 Å². The molecule has 27 heavy (non-hydrogen) atoms. The Bertz CT molecular complexity index is 583. The zero-order valence-electron chi connectivity index (χ0n) is 15.2. The van der Waals surface area contributed by atoms with E-state index in [-0.39, 0.29) is 6.42 Å². The summed E-state index contributed by atoms with van der Waals surface area (Å²) in [7, 11) is 0. The summed E-state index contributed by atoms with van der Waals surface area (Å²) in [5.74, 6) is -12.0. The smallest absolute Gasteiger partial charge is 0.385 e. The number of rotatable bonds is 8. The third-order valence-corrected chi connectivity index (χ3v) is 4.38. The van der Waals surface area contributed by atoms with Crippen LogP contribution in [-0.2, 0) is 0 Å². The summed E-state index contributed by atoms with van der Waals surface area (Å²) >= 11 is 0. The van der Waals surface area contributed by atoms with Crippen molar-refractivity contribution in [3.63, 3.8) is 0 Å². The molecule has 0 aromatic heterocycles. The van der Waals surface area contributed by atoms with Crippen LogP contribution in [0.3, 0.4) is 0 Å². The van der Waals surface area contributed by atoms with Gasteiger partial charge in [0.05, 0.1) is 0 Å². The number of alkyl halides is 7. The van der Waals surface area contributed by atoms with E-state index in [0.29, 0.717) is 24.0 Å². The Morgan fingerprint density at radius 2 is 1.59 bits per heavy atom. The zero-order chi connectivity index (χ0) is 21.2. The van der Waals surface area contributed by atoms with Gasteiger partial charge in [0.25, 0.3) is 0 Å². The van der Waals surface area contributed by atoms with Crippen molar-refractivity contribution in [3.8, 4) is 0 Å². The molecule has 0 radical (unpaired) electrons. The normalized spacial score (nSPS) is 23.3. The Hall–Kier alpha value is -1.35. The monoisotopic (exact) mass is 403 g/mol. The summed E-state index contributed by atoms with van der Waals surface area (Å²) in [6.07, 6.45) is -5.27. The van der Waals surface area contributed by atoms with E-state index in [0.717, 1.165) is 0 Å². The van der Waals surface area contributed by atoms with Crippen LogP contribution < -0.4 is 0 Å². The lowest BCUT2D eigenvalue weighted by atomic mass is 9.92. The van der Waals surface area contributed by atoms with Crippen molar-refractivity contribution >= 4 is 0 Å². The molecule has 0 saturated carbocycles. The first-order valence-electron chi connectivity index (χ1n) is 8.32. The van der Waals surface area contributed by atoms with Gasteiger partial charge in [0.2, 0.25) is 0 Å². The lowest BCUT2D eigenvalue weighted by Gasteiger charge is -2.42. The van der Waals surface area contributed by atoms with E-state index in [2.05, 4.69) is 13.2 Å². The van der Waals surface area contributed by atoms with E-state index in [1.807, 2.05) is 0 Å². The maximum Gasteiger partial charge on any atom is 0.459 e. The van der Waals surface area contributed by atoms with Gasteiger partial charge in [-0.05, 0) is 33.1 Å². The van der Waals surface area contributed by atoms with E-state index in [1.165, 1.54) is 4.90 Å². The average molecular weight is 403 g/mol. The maximum atomic E-state index is 13.8. The third kappa shape index (κ3) is 5.34. The highest BCUT2D eigenvalue weighted by molar-refractivity contribution is 5.11. The van der Waals surface area contributed by atoms with Gasteiger partial charge in [0.15, 0.2) is 0 Å². The summed E-state index contributed by atoms with van der Waals surface area (Å²) in [5, 5.41) is 9.69. The molecule has 0 aromatic rings. The minimum absolute atomic E-state index is 0.289. The van der Waals surface area contributed by atoms with E-state index in [1.54, 1.807) is 26.0 Å². The number of β-amino-alcohol motifs (C(OH)–C–C–N with tert-alkyl or cyclic N) is 1. The molecule has 0 saturated heterocycles. The topological polar surface area (TPSA) is 23.5 Å². The second kappa shape index (κ2) is 8.34. The zero-order valence-corrected chi connectivity index (χ0v) is 15.2. The summed E-state index contributed by atoms with van der Waals surface area (Å²) < 4.78 is 91.2. The van der Waals surface area contributed by atoms with Crippen LogP contribution in [0.5, 0.6) is 0 Å². The summed E-state index contributed by atoms with van der Waals surface area (Å²) in [5.41, 5.74) is 1.36. The molecule has 0 fully saturated rings. The fourth-order valence-electron chi connectivity index (χ4n) is 3.05. The van der Waals surface area contributed by atoms with Crippen LogP contribution in [0.1, 0.15) is 33.1 Å². The molecular weight excluding hydrogens is 379 g/mol. The van der Waals surface area contributed by atoms with E-state index in [9.17, 15) is 35.8 Å². The molecule has 1 heterocycles. The first-order valence-corrected chi connectivity index (χ1v) is 8.32. The van der Waals surface area contributed by atoms with E-state index >= 15 is 0 Å². The summed E-state index contributed by atoms with van der Waals surface area (Å²) in [6.45, 7) is 9.76. The lowest BCUT2D eigenvalue weighted by molar-refractivity contribution is -0.371. The van der Waals surface area contributed by atoms with Crippen LogP contribution in [0, 0.1) is 0 Å². The van der Waals surface area contributed by atoms with E-state index in [4.69, 9.17) is 0 Å². The van der Waals surface area contributed by atoms with Crippen LogP contribution in [0.15, 0.2) is 36.5 Å². The van der Waals surface area contributed by atoms with Crippen LogP contribution in [0.25, 0.3) is 0 Å². The largest absolute Gasteiger partial charge is 0.459 e. The number of hydrogen-bond acceptors (Lipinski definition) is 2. The van der Waals surface area contributed by atoms with Crippen molar-refractivity contribution in [1.82, 2.24) is 4.90 Å². The van der Waals surface area contributed by atoms with Gasteiger partial charge in [0.1, 0.15) is 6.10 Å². The third-order valence-electron chi connectivity index (χ3n) is 4.38. The number of hydrogen-bond donors (Lipinski definition) is 1. The molecule has 3 unspecified atom stereocenters. The van der Waals surface area contributed by atoms with Crippen molar-refractivity contribution in [3.05, 3.63) is 36.5 Å². The SMILES string of the molecule is C=C(C)CC1C=CCC(CC(=C)C)N1CC(O)C(F)(F)C(F)(F)C(F)(F)F. The molecule has 0 amide bonds. The van der Waals surface area contributed by atoms with Gasteiger partial charge in [0, 0.05) is 18.6 Å². The number of nitrogens with zero attached hydrogens (tertiary/aromatic N) is 1. The van der Waals surface area contributed by atoms with Crippen molar-refractivity contribution in [2.45, 2.75) is 69.3 Å². The lowest BCUT2D eigenvalue weighted by Crippen LogP contribution is -2.61. The summed E-state index contributed by atoms with van der Waals surface area (Å²) in [4.78, 5) is 1.33. The minimum atomic E-state index is -6.48. The fourth-order valence-corrected chi connectivity index (χ4v) is 3.05. The molecule has 2 nitrogen and oxygen atoms in total. The molecule has 3 atom stereocenters. The van der Waals surface area contributed by atoms with Gasteiger partial charge in [-0.25, -0.2) is 0 Å². The molecule has 156 valence electrons. The van der Waals surface area contributed by atoms with Crippen molar-refractivity contribution in [2.75, 3.05) is 6.54 Å².